The van der Waals surface area contributed by atoms with Gasteiger partial charge in [-0.2, -0.15) is 9.30 Å². The van der Waals surface area contributed by atoms with Crippen molar-refractivity contribution in [1.82, 2.24) is 8.87 Å². The Morgan fingerprint density at radius 2 is 2.12 bits per heavy atom. The third-order valence-electron chi connectivity index (χ3n) is 4.22. The van der Waals surface area contributed by atoms with Crippen molar-refractivity contribution in [1.29, 1.82) is 0 Å². The molecule has 1 fully saturated rings. The number of rotatable bonds is 2. The summed E-state index contributed by atoms with van der Waals surface area (Å²) in [4.78, 5) is 17.3. The van der Waals surface area contributed by atoms with Crippen LogP contribution in [0, 0.1) is 6.92 Å². The zero-order valence-electron chi connectivity index (χ0n) is 13.6. The molecule has 9 heteroatoms. The first-order chi connectivity index (χ1) is 11.2. The predicted octanol–water partition coefficient (Wildman–Crippen LogP) is 2.05. The Hall–Kier alpha value is -1.22. The van der Waals surface area contributed by atoms with Crippen molar-refractivity contribution in [3.05, 3.63) is 27.5 Å². The second-order valence-electron chi connectivity index (χ2n) is 5.97. The SMILES string of the molecule is Cc1ccc(Cl)c2sc(=NC(=O)[C@H]3CCCN3S(C)(=O)=O)n(C)c12. The molecule has 1 amide bonds. The number of sulfonamides is 1. The Kier molecular flexibility index (Phi) is 4.59. The van der Waals surface area contributed by atoms with E-state index in [4.69, 9.17) is 11.6 Å². The van der Waals surface area contributed by atoms with Crippen LogP contribution in [0.3, 0.4) is 0 Å². The van der Waals surface area contributed by atoms with E-state index in [1.165, 1.54) is 15.6 Å². The second kappa shape index (κ2) is 6.25. The number of nitrogens with zero attached hydrogens (tertiary/aromatic N) is 3. The smallest absolute Gasteiger partial charge is 0.266 e. The lowest BCUT2D eigenvalue weighted by atomic mass is 10.2. The molecular weight excluding hydrogens is 370 g/mol. The fourth-order valence-corrected chi connectivity index (χ4v) is 5.56. The number of hydrogen-bond acceptors (Lipinski definition) is 4. The highest BCUT2D eigenvalue weighted by Gasteiger charge is 2.36. The molecule has 6 nitrogen and oxygen atoms in total. The van der Waals surface area contributed by atoms with Crippen LogP contribution in [0.2, 0.25) is 5.02 Å². The van der Waals surface area contributed by atoms with Gasteiger partial charge in [0.2, 0.25) is 10.0 Å². The molecule has 24 heavy (non-hydrogen) atoms. The van der Waals surface area contributed by atoms with Gasteiger partial charge >= 0.3 is 0 Å². The minimum Gasteiger partial charge on any atom is -0.319 e. The highest BCUT2D eigenvalue weighted by Crippen LogP contribution is 2.28. The van der Waals surface area contributed by atoms with Crippen LogP contribution in [0.4, 0.5) is 0 Å². The largest absolute Gasteiger partial charge is 0.319 e. The average Bonchev–Trinajstić information content (AvgIpc) is 3.09. The van der Waals surface area contributed by atoms with Gasteiger partial charge in [0.25, 0.3) is 5.91 Å². The molecular formula is C15H18ClN3O3S2. The van der Waals surface area contributed by atoms with Crippen molar-refractivity contribution in [3.63, 3.8) is 0 Å². The van der Waals surface area contributed by atoms with E-state index in [2.05, 4.69) is 4.99 Å². The first kappa shape index (κ1) is 17.6. The molecule has 1 aliphatic heterocycles. The summed E-state index contributed by atoms with van der Waals surface area (Å²) in [5.41, 5.74) is 1.98. The van der Waals surface area contributed by atoms with Crippen molar-refractivity contribution < 1.29 is 13.2 Å². The monoisotopic (exact) mass is 387 g/mol. The molecule has 1 aromatic carbocycles. The normalized spacial score (nSPS) is 20.2. The molecule has 1 aromatic heterocycles. The van der Waals surface area contributed by atoms with Gasteiger partial charge in [0, 0.05) is 13.6 Å². The zero-order valence-corrected chi connectivity index (χ0v) is 16.0. The number of amides is 1. The Balaban J connectivity index is 2.08. The predicted molar refractivity (Wildman–Crippen MR) is 95.7 cm³/mol. The van der Waals surface area contributed by atoms with E-state index in [-0.39, 0.29) is 0 Å². The molecule has 3 rings (SSSR count). The van der Waals surface area contributed by atoms with Crippen LogP contribution < -0.4 is 4.80 Å². The van der Waals surface area contributed by atoms with E-state index in [1.54, 1.807) is 0 Å². The van der Waals surface area contributed by atoms with Crippen LogP contribution in [0.15, 0.2) is 17.1 Å². The number of fused-ring (bicyclic) bond motifs is 1. The van der Waals surface area contributed by atoms with Gasteiger partial charge in [-0.1, -0.05) is 29.0 Å². The summed E-state index contributed by atoms with van der Waals surface area (Å²) in [6, 6.07) is 3.04. The van der Waals surface area contributed by atoms with E-state index in [9.17, 15) is 13.2 Å². The van der Waals surface area contributed by atoms with Gasteiger partial charge in [0.1, 0.15) is 6.04 Å². The molecule has 1 aliphatic rings. The molecule has 0 spiro atoms. The number of carbonyl (C=O) groups excluding carboxylic acids is 1. The summed E-state index contributed by atoms with van der Waals surface area (Å²) >= 11 is 7.58. The Bertz CT molecular complexity index is 991. The van der Waals surface area contributed by atoms with E-state index in [1.807, 2.05) is 30.7 Å². The molecule has 0 N–H and O–H groups in total. The highest BCUT2D eigenvalue weighted by atomic mass is 35.5. The van der Waals surface area contributed by atoms with Crippen molar-refractivity contribution in [2.75, 3.05) is 12.8 Å². The van der Waals surface area contributed by atoms with Gasteiger partial charge in [-0.15, -0.1) is 0 Å². The first-order valence-corrected chi connectivity index (χ1v) is 10.5. The molecule has 1 atom stereocenters. The van der Waals surface area contributed by atoms with Crippen molar-refractivity contribution in [3.8, 4) is 0 Å². The number of thiazole rings is 1. The zero-order chi connectivity index (χ0) is 17.6. The number of benzene rings is 1. The standard InChI is InChI=1S/C15H18ClN3O3S2/c1-9-6-7-10(16)13-12(9)18(2)15(23-13)17-14(20)11-5-4-8-19(11)24(3,21)22/h6-7,11H,4-5,8H2,1-3H3/t11-/m1/s1. The number of aryl methyl sites for hydroxylation is 2. The van der Waals surface area contributed by atoms with Crippen molar-refractivity contribution >= 4 is 49.1 Å². The van der Waals surface area contributed by atoms with Gasteiger partial charge in [-0.3, -0.25) is 4.79 Å². The van der Waals surface area contributed by atoms with Crippen LogP contribution in [0.1, 0.15) is 18.4 Å². The van der Waals surface area contributed by atoms with Crippen molar-refractivity contribution in [2.45, 2.75) is 25.8 Å². The first-order valence-electron chi connectivity index (χ1n) is 7.50. The summed E-state index contributed by atoms with van der Waals surface area (Å²) in [6.45, 7) is 2.34. The van der Waals surface area contributed by atoms with Gasteiger partial charge in [-0.25, -0.2) is 8.42 Å². The maximum absolute atomic E-state index is 12.6. The summed E-state index contributed by atoms with van der Waals surface area (Å²) in [5.74, 6) is -0.422. The third kappa shape index (κ3) is 3.03. The highest BCUT2D eigenvalue weighted by molar-refractivity contribution is 7.88. The topological polar surface area (TPSA) is 71.7 Å². The Morgan fingerprint density at radius 3 is 2.75 bits per heavy atom. The van der Waals surface area contributed by atoms with E-state index in [0.717, 1.165) is 22.0 Å². The lowest BCUT2D eigenvalue weighted by Gasteiger charge is -2.18. The van der Waals surface area contributed by atoms with Crippen LogP contribution in [0.5, 0.6) is 0 Å². The molecule has 2 aromatic rings. The molecule has 0 aliphatic carbocycles. The summed E-state index contributed by atoms with van der Waals surface area (Å²) in [7, 11) is -1.58. The van der Waals surface area contributed by atoms with E-state index < -0.39 is 22.0 Å². The maximum Gasteiger partial charge on any atom is 0.266 e. The van der Waals surface area contributed by atoms with Gasteiger partial charge in [0.05, 0.1) is 21.5 Å². The molecule has 0 bridgehead atoms. The summed E-state index contributed by atoms with van der Waals surface area (Å²) in [6.07, 6.45) is 2.30. The molecule has 1 saturated heterocycles. The molecule has 0 radical (unpaired) electrons. The van der Waals surface area contributed by atoms with Crippen LogP contribution >= 0.6 is 22.9 Å². The van der Waals surface area contributed by atoms with Gasteiger partial charge in [-0.05, 0) is 31.4 Å². The lowest BCUT2D eigenvalue weighted by molar-refractivity contribution is -0.121. The number of aromatic nitrogens is 1. The number of halogens is 1. The molecule has 0 unspecified atom stereocenters. The Morgan fingerprint density at radius 1 is 1.42 bits per heavy atom. The molecule has 130 valence electrons. The van der Waals surface area contributed by atoms with E-state index >= 15 is 0 Å². The van der Waals surface area contributed by atoms with E-state index in [0.29, 0.717) is 29.2 Å². The number of carbonyl (C=O) groups is 1. The Labute approximate surface area is 149 Å². The fourth-order valence-electron chi connectivity index (χ4n) is 3.06. The maximum atomic E-state index is 12.6. The molecule has 2 heterocycles. The van der Waals surface area contributed by atoms with Crippen molar-refractivity contribution in [2.24, 2.45) is 12.0 Å². The van der Waals surface area contributed by atoms with Crippen LogP contribution in [-0.4, -0.2) is 42.0 Å². The quantitative estimate of drug-likeness (QED) is 0.791. The second-order valence-corrected chi connectivity index (χ2v) is 9.29. The minimum absolute atomic E-state index is 0.369. The van der Waals surface area contributed by atoms with Gasteiger partial charge in [0.15, 0.2) is 4.80 Å². The summed E-state index contributed by atoms with van der Waals surface area (Å²) in [5, 5.41) is 0.615. The van der Waals surface area contributed by atoms with Crippen LogP contribution in [0.25, 0.3) is 10.2 Å². The lowest BCUT2D eigenvalue weighted by Crippen LogP contribution is -2.39. The summed E-state index contributed by atoms with van der Waals surface area (Å²) < 4.78 is 27.6. The molecule has 0 saturated carbocycles. The van der Waals surface area contributed by atoms with Gasteiger partial charge < -0.3 is 4.57 Å². The van der Waals surface area contributed by atoms with Crippen LogP contribution in [-0.2, 0) is 21.9 Å². The average molecular weight is 388 g/mol. The number of hydrogen-bond donors (Lipinski definition) is 0. The third-order valence-corrected chi connectivity index (χ3v) is 7.10. The minimum atomic E-state index is -3.41. The fraction of sp³-hybridized carbons (Fsp3) is 0.467.